The van der Waals surface area contributed by atoms with Crippen LogP contribution in [-0.2, 0) is 16.1 Å². The maximum atomic E-state index is 12.3. The summed E-state index contributed by atoms with van der Waals surface area (Å²) in [6.45, 7) is 8.04. The summed E-state index contributed by atoms with van der Waals surface area (Å²) in [6.07, 6.45) is 1.27. The number of nitrogens with two attached hydrogens (primary N) is 1. The van der Waals surface area contributed by atoms with E-state index in [9.17, 15) is 4.79 Å². The molecule has 26 heavy (non-hydrogen) atoms. The standard InChI is InChI=1S/C19H31N3O2.2ClH/c1-15(2)10-17(12-20)21-19(23)11-18-14-22(8-9-24-18)13-16-6-4-3-5-7-16;;/h3-7,15,17-18H,8-14,20H2,1-2H3,(H,21,23);2*1H. The first-order valence-corrected chi connectivity index (χ1v) is 8.94. The molecule has 0 bridgehead atoms. The van der Waals surface area contributed by atoms with Gasteiger partial charge in [-0.3, -0.25) is 9.69 Å². The number of carbonyl (C=O) groups excluding carboxylic acids is 1. The van der Waals surface area contributed by atoms with E-state index < -0.39 is 0 Å². The Morgan fingerprint density at radius 2 is 2.00 bits per heavy atom. The van der Waals surface area contributed by atoms with Crippen LogP contribution in [0.25, 0.3) is 0 Å². The van der Waals surface area contributed by atoms with Gasteiger partial charge in [-0.1, -0.05) is 44.2 Å². The van der Waals surface area contributed by atoms with Gasteiger partial charge in [0.05, 0.1) is 19.1 Å². The lowest BCUT2D eigenvalue weighted by molar-refractivity contribution is -0.126. The van der Waals surface area contributed by atoms with Crippen molar-refractivity contribution in [2.24, 2.45) is 11.7 Å². The Hall–Kier alpha value is -0.850. The fraction of sp³-hybridized carbons (Fsp3) is 0.632. The molecule has 1 aromatic rings. The van der Waals surface area contributed by atoms with Crippen molar-refractivity contribution >= 4 is 30.7 Å². The highest BCUT2D eigenvalue weighted by molar-refractivity contribution is 5.85. The van der Waals surface area contributed by atoms with Gasteiger partial charge < -0.3 is 15.8 Å². The van der Waals surface area contributed by atoms with E-state index in [2.05, 4.69) is 48.3 Å². The summed E-state index contributed by atoms with van der Waals surface area (Å²) in [7, 11) is 0. The molecular formula is C19H33Cl2N3O2. The third-order valence-electron chi connectivity index (χ3n) is 4.29. The van der Waals surface area contributed by atoms with Gasteiger partial charge in [0.25, 0.3) is 0 Å². The molecule has 2 unspecified atom stereocenters. The predicted molar refractivity (Wildman–Crippen MR) is 111 cm³/mol. The van der Waals surface area contributed by atoms with Crippen LogP contribution in [0.1, 0.15) is 32.3 Å². The number of hydrogen-bond donors (Lipinski definition) is 2. The van der Waals surface area contributed by atoms with E-state index in [4.69, 9.17) is 10.5 Å². The van der Waals surface area contributed by atoms with Crippen molar-refractivity contribution in [2.45, 2.75) is 45.4 Å². The number of ether oxygens (including phenoxy) is 1. The monoisotopic (exact) mass is 405 g/mol. The number of carbonyl (C=O) groups is 1. The second kappa shape index (κ2) is 13.3. The summed E-state index contributed by atoms with van der Waals surface area (Å²) in [5.41, 5.74) is 7.05. The molecule has 0 spiro atoms. The van der Waals surface area contributed by atoms with Gasteiger partial charge in [0.1, 0.15) is 0 Å². The van der Waals surface area contributed by atoms with Crippen LogP contribution in [0.4, 0.5) is 0 Å². The van der Waals surface area contributed by atoms with Crippen LogP contribution in [0.3, 0.4) is 0 Å². The van der Waals surface area contributed by atoms with E-state index >= 15 is 0 Å². The molecule has 5 nitrogen and oxygen atoms in total. The fourth-order valence-corrected chi connectivity index (χ4v) is 3.17. The minimum Gasteiger partial charge on any atom is -0.375 e. The highest BCUT2D eigenvalue weighted by Crippen LogP contribution is 2.13. The second-order valence-corrected chi connectivity index (χ2v) is 7.05. The van der Waals surface area contributed by atoms with Gasteiger partial charge in [-0.25, -0.2) is 0 Å². The first kappa shape index (κ1) is 25.1. The molecule has 1 aromatic carbocycles. The van der Waals surface area contributed by atoms with Crippen LogP contribution >= 0.6 is 24.8 Å². The maximum absolute atomic E-state index is 12.3. The molecule has 0 aromatic heterocycles. The molecule has 1 amide bonds. The van der Waals surface area contributed by atoms with Crippen molar-refractivity contribution in [1.82, 2.24) is 10.2 Å². The van der Waals surface area contributed by atoms with Gasteiger partial charge in [0, 0.05) is 32.2 Å². The fourth-order valence-electron chi connectivity index (χ4n) is 3.17. The third kappa shape index (κ3) is 9.19. The Balaban J connectivity index is 0.00000312. The van der Waals surface area contributed by atoms with Crippen LogP contribution in [0.15, 0.2) is 30.3 Å². The molecule has 1 aliphatic rings. The Morgan fingerprint density at radius 3 is 2.62 bits per heavy atom. The van der Waals surface area contributed by atoms with Gasteiger partial charge >= 0.3 is 0 Å². The number of benzene rings is 1. The van der Waals surface area contributed by atoms with Crippen LogP contribution in [0.5, 0.6) is 0 Å². The van der Waals surface area contributed by atoms with Crippen LogP contribution in [-0.4, -0.2) is 49.2 Å². The van der Waals surface area contributed by atoms with Gasteiger partial charge in [-0.05, 0) is 17.9 Å². The summed E-state index contributed by atoms with van der Waals surface area (Å²) in [5, 5.41) is 3.05. The van der Waals surface area contributed by atoms with Crippen LogP contribution < -0.4 is 11.1 Å². The molecule has 0 aliphatic carbocycles. The molecule has 150 valence electrons. The van der Waals surface area contributed by atoms with E-state index in [0.717, 1.165) is 26.1 Å². The number of nitrogens with one attached hydrogen (secondary N) is 1. The Bertz CT molecular complexity index is 503. The number of morpholine rings is 1. The molecular weight excluding hydrogens is 373 g/mol. The minimum absolute atomic E-state index is 0. The molecule has 7 heteroatoms. The zero-order valence-corrected chi connectivity index (χ0v) is 17.4. The second-order valence-electron chi connectivity index (χ2n) is 7.05. The SMILES string of the molecule is CC(C)CC(CN)NC(=O)CC1CN(Cc2ccccc2)CCO1.Cl.Cl. The lowest BCUT2D eigenvalue weighted by atomic mass is 10.0. The first-order chi connectivity index (χ1) is 11.6. The van der Waals surface area contributed by atoms with Gasteiger partial charge in [-0.2, -0.15) is 0 Å². The average molecular weight is 406 g/mol. The molecule has 1 saturated heterocycles. The first-order valence-electron chi connectivity index (χ1n) is 8.94. The lowest BCUT2D eigenvalue weighted by Crippen LogP contribution is -2.46. The number of rotatable bonds is 8. The van der Waals surface area contributed by atoms with Gasteiger partial charge in [0.2, 0.25) is 5.91 Å². The molecule has 3 N–H and O–H groups in total. The molecule has 2 rings (SSSR count). The molecule has 0 radical (unpaired) electrons. The van der Waals surface area contributed by atoms with E-state index in [1.807, 2.05) is 6.07 Å². The Morgan fingerprint density at radius 1 is 1.31 bits per heavy atom. The molecule has 1 fully saturated rings. The van der Waals surface area contributed by atoms with Crippen LogP contribution in [0.2, 0.25) is 0 Å². The lowest BCUT2D eigenvalue weighted by Gasteiger charge is -2.33. The van der Waals surface area contributed by atoms with Crippen molar-refractivity contribution in [1.29, 1.82) is 0 Å². The molecule has 1 aliphatic heterocycles. The smallest absolute Gasteiger partial charge is 0.222 e. The molecule has 1 heterocycles. The largest absolute Gasteiger partial charge is 0.375 e. The Labute approximate surface area is 169 Å². The van der Waals surface area contributed by atoms with Crippen molar-refractivity contribution in [3.05, 3.63) is 35.9 Å². The number of hydrogen-bond acceptors (Lipinski definition) is 4. The van der Waals surface area contributed by atoms with E-state index in [-0.39, 0.29) is 42.9 Å². The summed E-state index contributed by atoms with van der Waals surface area (Å²) in [5.74, 6) is 0.559. The van der Waals surface area contributed by atoms with E-state index in [0.29, 0.717) is 25.5 Å². The summed E-state index contributed by atoms with van der Waals surface area (Å²) in [4.78, 5) is 14.6. The highest BCUT2D eigenvalue weighted by Gasteiger charge is 2.24. The number of nitrogens with zero attached hydrogens (tertiary/aromatic N) is 1. The zero-order chi connectivity index (χ0) is 17.4. The van der Waals surface area contributed by atoms with E-state index in [1.54, 1.807) is 0 Å². The summed E-state index contributed by atoms with van der Waals surface area (Å²) >= 11 is 0. The predicted octanol–water partition coefficient (Wildman–Crippen LogP) is 2.61. The quantitative estimate of drug-likeness (QED) is 0.697. The van der Waals surface area contributed by atoms with E-state index in [1.165, 1.54) is 5.56 Å². The minimum atomic E-state index is -0.0417. The number of halogens is 2. The van der Waals surface area contributed by atoms with Crippen molar-refractivity contribution in [3.63, 3.8) is 0 Å². The topological polar surface area (TPSA) is 67.6 Å². The van der Waals surface area contributed by atoms with Crippen molar-refractivity contribution < 1.29 is 9.53 Å². The number of amides is 1. The van der Waals surface area contributed by atoms with Crippen molar-refractivity contribution in [3.8, 4) is 0 Å². The maximum Gasteiger partial charge on any atom is 0.222 e. The van der Waals surface area contributed by atoms with Crippen LogP contribution in [0, 0.1) is 5.92 Å². The normalized spacial score (nSPS) is 18.5. The highest BCUT2D eigenvalue weighted by atomic mass is 35.5. The Kier molecular flexibility index (Phi) is 12.9. The summed E-state index contributed by atoms with van der Waals surface area (Å²) < 4.78 is 5.78. The summed E-state index contributed by atoms with van der Waals surface area (Å²) in [6, 6.07) is 10.5. The third-order valence-corrected chi connectivity index (χ3v) is 4.29. The molecule has 2 atom stereocenters. The molecule has 0 saturated carbocycles. The average Bonchev–Trinajstić information content (AvgIpc) is 2.55. The van der Waals surface area contributed by atoms with Gasteiger partial charge in [0.15, 0.2) is 0 Å². The zero-order valence-electron chi connectivity index (χ0n) is 15.7. The van der Waals surface area contributed by atoms with Crippen molar-refractivity contribution in [2.75, 3.05) is 26.2 Å². The van der Waals surface area contributed by atoms with Gasteiger partial charge in [-0.15, -0.1) is 24.8 Å².